The Morgan fingerprint density at radius 1 is 0.786 bits per heavy atom. The van der Waals surface area contributed by atoms with Crippen LogP contribution >= 0.6 is 0 Å². The Morgan fingerprint density at radius 2 is 1.46 bits per heavy atom. The van der Waals surface area contributed by atoms with Gasteiger partial charge >= 0.3 is 0 Å². The van der Waals surface area contributed by atoms with Gasteiger partial charge in [0.15, 0.2) is 0 Å². The third-order valence-electron chi connectivity index (χ3n) is 4.50. The Labute approximate surface area is 162 Å². The van der Waals surface area contributed by atoms with Gasteiger partial charge in [0.25, 0.3) is 0 Å². The van der Waals surface area contributed by atoms with E-state index in [0.29, 0.717) is 18.7 Å². The van der Waals surface area contributed by atoms with E-state index in [9.17, 15) is 8.78 Å². The molecule has 0 aliphatic rings. The van der Waals surface area contributed by atoms with Gasteiger partial charge in [0.05, 0.1) is 11.4 Å². The third kappa shape index (κ3) is 4.00. The number of para-hydroxylation sites is 1. The quantitative estimate of drug-likeness (QED) is 0.508. The summed E-state index contributed by atoms with van der Waals surface area (Å²) in [4.78, 5) is 0. The highest BCUT2D eigenvalue weighted by Gasteiger charge is 2.12. The highest BCUT2D eigenvalue weighted by molar-refractivity contribution is 5.63. The number of aromatic nitrogens is 2. The minimum absolute atomic E-state index is 0.302. The Balaban J connectivity index is 1.59. The largest absolute Gasteiger partial charge is 0.308 e. The summed E-state index contributed by atoms with van der Waals surface area (Å²) in [6.07, 6.45) is 1.98. The summed E-state index contributed by atoms with van der Waals surface area (Å²) in [7, 11) is 0. The highest BCUT2D eigenvalue weighted by Crippen LogP contribution is 2.23. The molecule has 5 heteroatoms. The van der Waals surface area contributed by atoms with Crippen LogP contribution in [0.4, 0.5) is 8.78 Å². The zero-order valence-corrected chi connectivity index (χ0v) is 15.1. The minimum Gasteiger partial charge on any atom is -0.308 e. The van der Waals surface area contributed by atoms with Gasteiger partial charge < -0.3 is 5.32 Å². The molecule has 140 valence electrons. The van der Waals surface area contributed by atoms with Crippen molar-refractivity contribution in [3.8, 4) is 16.9 Å². The monoisotopic (exact) mass is 375 g/mol. The molecule has 0 fully saturated rings. The summed E-state index contributed by atoms with van der Waals surface area (Å²) in [6.45, 7) is 0.810. The molecular formula is C23H19F2N3. The second kappa shape index (κ2) is 8.15. The Morgan fingerprint density at radius 3 is 2.18 bits per heavy atom. The van der Waals surface area contributed by atoms with E-state index in [1.807, 2.05) is 71.5 Å². The van der Waals surface area contributed by atoms with E-state index in [-0.39, 0.29) is 0 Å². The van der Waals surface area contributed by atoms with Gasteiger partial charge in [0.2, 0.25) is 0 Å². The molecule has 4 rings (SSSR count). The normalized spacial score (nSPS) is 10.9. The van der Waals surface area contributed by atoms with Crippen molar-refractivity contribution in [1.29, 1.82) is 0 Å². The maximum atomic E-state index is 13.8. The molecule has 0 aliphatic heterocycles. The first-order valence-corrected chi connectivity index (χ1v) is 9.05. The molecule has 1 aromatic heterocycles. The van der Waals surface area contributed by atoms with E-state index in [2.05, 4.69) is 5.32 Å². The average Bonchev–Trinajstić information content (AvgIpc) is 3.15. The van der Waals surface area contributed by atoms with Crippen LogP contribution in [0.2, 0.25) is 0 Å². The number of hydrogen-bond donors (Lipinski definition) is 1. The lowest BCUT2D eigenvalue weighted by molar-refractivity contribution is 0.560. The number of halogens is 2. The first kappa shape index (κ1) is 18.1. The first-order chi connectivity index (χ1) is 13.7. The number of nitrogens with one attached hydrogen (secondary N) is 1. The molecule has 1 heterocycles. The van der Waals surface area contributed by atoms with Crippen LogP contribution in [0.5, 0.6) is 0 Å². The molecule has 3 nitrogen and oxygen atoms in total. The average molecular weight is 375 g/mol. The summed E-state index contributed by atoms with van der Waals surface area (Å²) in [5, 5.41) is 8.00. The van der Waals surface area contributed by atoms with Gasteiger partial charge in [-0.3, -0.25) is 0 Å². The molecule has 0 atom stereocenters. The van der Waals surface area contributed by atoms with Gasteiger partial charge in [-0.25, -0.2) is 13.5 Å². The molecule has 0 radical (unpaired) electrons. The molecule has 1 N–H and O–H groups in total. The molecule has 28 heavy (non-hydrogen) atoms. The number of benzene rings is 3. The van der Waals surface area contributed by atoms with Crippen LogP contribution in [0.25, 0.3) is 16.9 Å². The Bertz CT molecular complexity index is 1060. The fourth-order valence-corrected chi connectivity index (χ4v) is 3.09. The third-order valence-corrected chi connectivity index (χ3v) is 4.50. The fourth-order valence-electron chi connectivity index (χ4n) is 3.09. The van der Waals surface area contributed by atoms with Crippen LogP contribution in [-0.4, -0.2) is 9.78 Å². The van der Waals surface area contributed by atoms with Crippen molar-refractivity contribution in [2.24, 2.45) is 0 Å². The number of nitrogens with zero attached hydrogens (tertiary/aromatic N) is 2. The maximum Gasteiger partial charge on any atom is 0.130 e. The maximum absolute atomic E-state index is 13.8. The molecule has 0 aliphatic carbocycles. The van der Waals surface area contributed by atoms with Gasteiger partial charge in [0, 0.05) is 42.0 Å². The highest BCUT2D eigenvalue weighted by atomic mass is 19.1. The van der Waals surface area contributed by atoms with E-state index >= 15 is 0 Å². The van der Waals surface area contributed by atoms with Crippen molar-refractivity contribution in [2.45, 2.75) is 13.1 Å². The molecule has 0 unspecified atom stereocenters. The zero-order valence-electron chi connectivity index (χ0n) is 15.1. The molecule has 0 spiro atoms. The van der Waals surface area contributed by atoms with Gasteiger partial charge in [-0.1, -0.05) is 54.6 Å². The van der Waals surface area contributed by atoms with E-state index in [1.54, 1.807) is 0 Å². The molecule has 0 saturated carbocycles. The smallest absolute Gasteiger partial charge is 0.130 e. The summed E-state index contributed by atoms with van der Waals surface area (Å²) in [6, 6.07) is 23.5. The van der Waals surface area contributed by atoms with Gasteiger partial charge in [-0.05, 0) is 18.2 Å². The van der Waals surface area contributed by atoms with Crippen molar-refractivity contribution in [3.05, 3.63) is 108 Å². The van der Waals surface area contributed by atoms with E-state index in [4.69, 9.17) is 5.10 Å². The predicted molar refractivity (Wildman–Crippen MR) is 106 cm³/mol. The van der Waals surface area contributed by atoms with Crippen molar-refractivity contribution in [2.75, 3.05) is 0 Å². The topological polar surface area (TPSA) is 29.9 Å². The number of rotatable bonds is 6. The minimum atomic E-state index is -0.572. The van der Waals surface area contributed by atoms with Crippen molar-refractivity contribution in [3.63, 3.8) is 0 Å². The van der Waals surface area contributed by atoms with Gasteiger partial charge in [-0.2, -0.15) is 5.10 Å². The van der Waals surface area contributed by atoms with Crippen LogP contribution < -0.4 is 5.32 Å². The summed E-state index contributed by atoms with van der Waals surface area (Å²) >= 11 is 0. The zero-order chi connectivity index (χ0) is 19.3. The van der Waals surface area contributed by atoms with Crippen molar-refractivity contribution in [1.82, 2.24) is 15.1 Å². The van der Waals surface area contributed by atoms with Crippen LogP contribution in [0, 0.1) is 11.6 Å². The molecule has 0 amide bonds. The van der Waals surface area contributed by atoms with Gasteiger partial charge in [0.1, 0.15) is 11.6 Å². The summed E-state index contributed by atoms with van der Waals surface area (Å²) in [5.41, 5.74) is 4.28. The Hall–Kier alpha value is -3.31. The van der Waals surface area contributed by atoms with Crippen LogP contribution in [0.3, 0.4) is 0 Å². The lowest BCUT2D eigenvalue weighted by Gasteiger charge is -2.06. The second-order valence-electron chi connectivity index (χ2n) is 6.49. The van der Waals surface area contributed by atoms with Crippen LogP contribution in [0.15, 0.2) is 85.1 Å². The summed E-state index contributed by atoms with van der Waals surface area (Å²) in [5.74, 6) is -1.12. The van der Waals surface area contributed by atoms with E-state index in [1.165, 1.54) is 12.1 Å². The molecule has 4 aromatic rings. The van der Waals surface area contributed by atoms with Crippen molar-refractivity contribution >= 4 is 0 Å². The molecular weight excluding hydrogens is 356 g/mol. The lowest BCUT2D eigenvalue weighted by Crippen LogP contribution is -2.14. The molecule has 3 aromatic carbocycles. The van der Waals surface area contributed by atoms with Crippen LogP contribution in [-0.2, 0) is 13.1 Å². The predicted octanol–water partition coefficient (Wildman–Crippen LogP) is 5.11. The van der Waals surface area contributed by atoms with Crippen LogP contribution in [0.1, 0.15) is 11.1 Å². The summed E-state index contributed by atoms with van der Waals surface area (Å²) < 4.78 is 28.8. The standard InChI is InChI=1S/C23H19F2N3/c24-20-12-11-18(22(25)13-20)14-26-15-19-16-28(21-9-5-2-6-10-21)27-23(19)17-7-3-1-4-8-17/h1-13,16,26H,14-15H2. The SMILES string of the molecule is Fc1ccc(CNCc2cn(-c3ccccc3)nc2-c2ccccc2)c(F)c1. The van der Waals surface area contributed by atoms with E-state index in [0.717, 1.165) is 28.6 Å². The Kier molecular flexibility index (Phi) is 5.26. The van der Waals surface area contributed by atoms with Crippen molar-refractivity contribution < 1.29 is 8.78 Å². The lowest BCUT2D eigenvalue weighted by atomic mass is 10.1. The first-order valence-electron chi connectivity index (χ1n) is 9.05. The van der Waals surface area contributed by atoms with Gasteiger partial charge in [-0.15, -0.1) is 0 Å². The fraction of sp³-hybridized carbons (Fsp3) is 0.0870. The molecule has 0 bridgehead atoms. The second-order valence-corrected chi connectivity index (χ2v) is 6.49. The van der Waals surface area contributed by atoms with E-state index < -0.39 is 11.6 Å². The molecule has 0 saturated heterocycles. The number of hydrogen-bond acceptors (Lipinski definition) is 2.